The van der Waals surface area contributed by atoms with E-state index in [0.717, 1.165) is 62.8 Å². The van der Waals surface area contributed by atoms with Crippen molar-refractivity contribution in [2.75, 3.05) is 19.6 Å². The van der Waals surface area contributed by atoms with Crippen LogP contribution in [0.15, 0.2) is 29.1 Å². The van der Waals surface area contributed by atoms with Gasteiger partial charge < -0.3 is 15.0 Å². The minimum atomic E-state index is -0.708. The van der Waals surface area contributed by atoms with Crippen LogP contribution in [0.4, 0.5) is 0 Å². The molecule has 6 nitrogen and oxygen atoms in total. The summed E-state index contributed by atoms with van der Waals surface area (Å²) in [6.07, 6.45) is 5.01. The van der Waals surface area contributed by atoms with Crippen LogP contribution >= 0.6 is 0 Å². The average Bonchev–Trinajstić information content (AvgIpc) is 2.91. The number of unbranched alkanes of at least 4 members (excludes halogenated alkanes) is 2. The van der Waals surface area contributed by atoms with Crippen LogP contribution in [0.2, 0.25) is 0 Å². The van der Waals surface area contributed by atoms with Crippen molar-refractivity contribution in [3.8, 4) is 0 Å². The lowest BCUT2D eigenvalue weighted by Crippen LogP contribution is -2.37. The number of imidazole rings is 1. The van der Waals surface area contributed by atoms with Gasteiger partial charge in [-0.3, -0.25) is 9.36 Å². The maximum Gasteiger partial charge on any atom is 0.326 e. The van der Waals surface area contributed by atoms with Crippen molar-refractivity contribution in [2.45, 2.75) is 44.6 Å². The van der Waals surface area contributed by atoms with Crippen LogP contribution in [0, 0.1) is 0 Å². The third-order valence-corrected chi connectivity index (χ3v) is 4.91. The molecule has 2 heterocycles. The Kier molecular flexibility index (Phi) is 5.35. The summed E-state index contributed by atoms with van der Waals surface area (Å²) in [6, 6.07) is 8.12. The Morgan fingerprint density at radius 3 is 2.67 bits per heavy atom. The monoisotopic (exact) mass is 331 g/mol. The van der Waals surface area contributed by atoms with Gasteiger partial charge >= 0.3 is 11.7 Å². The van der Waals surface area contributed by atoms with Crippen molar-refractivity contribution >= 4 is 17.0 Å². The van der Waals surface area contributed by atoms with Gasteiger partial charge in [0.1, 0.15) is 0 Å². The molecule has 0 atom stereocenters. The van der Waals surface area contributed by atoms with E-state index in [-0.39, 0.29) is 18.2 Å². The van der Waals surface area contributed by atoms with Crippen LogP contribution in [0.25, 0.3) is 11.0 Å². The van der Waals surface area contributed by atoms with Crippen molar-refractivity contribution in [3.05, 3.63) is 34.7 Å². The molecule has 0 amide bonds. The number of carboxylic acid groups (broad SMARTS) is 1. The predicted molar refractivity (Wildman–Crippen MR) is 93.4 cm³/mol. The van der Waals surface area contributed by atoms with Crippen LogP contribution in [0.1, 0.15) is 44.6 Å². The maximum atomic E-state index is 12.3. The number of hydrogen-bond acceptors (Lipinski definition) is 3. The second kappa shape index (κ2) is 7.66. The molecule has 1 aliphatic heterocycles. The molecule has 0 unspecified atom stereocenters. The fourth-order valence-electron chi connectivity index (χ4n) is 3.63. The number of fused-ring (bicyclic) bond motifs is 1. The first kappa shape index (κ1) is 16.8. The second-order valence-electron chi connectivity index (χ2n) is 6.59. The average molecular weight is 331 g/mol. The van der Waals surface area contributed by atoms with Gasteiger partial charge in [0, 0.05) is 25.6 Å². The fraction of sp³-hybridized carbons (Fsp3) is 0.556. The van der Waals surface area contributed by atoms with Crippen LogP contribution in [0.5, 0.6) is 0 Å². The highest BCUT2D eigenvalue weighted by Crippen LogP contribution is 2.24. The number of carbonyl (C=O) groups is 1. The van der Waals surface area contributed by atoms with Gasteiger partial charge in [-0.15, -0.1) is 0 Å². The number of nitrogens with zero attached hydrogens (tertiary/aromatic N) is 2. The zero-order valence-electron chi connectivity index (χ0n) is 13.9. The van der Waals surface area contributed by atoms with Crippen LogP contribution < -0.4 is 5.69 Å². The number of carboxylic acids is 1. The molecule has 24 heavy (non-hydrogen) atoms. The van der Waals surface area contributed by atoms with E-state index in [9.17, 15) is 9.59 Å². The Morgan fingerprint density at radius 1 is 1.17 bits per heavy atom. The van der Waals surface area contributed by atoms with Crippen molar-refractivity contribution in [1.82, 2.24) is 14.5 Å². The number of para-hydroxylation sites is 2. The van der Waals surface area contributed by atoms with Crippen molar-refractivity contribution < 1.29 is 9.90 Å². The van der Waals surface area contributed by atoms with E-state index >= 15 is 0 Å². The molecule has 0 aliphatic carbocycles. The van der Waals surface area contributed by atoms with Crippen molar-refractivity contribution in [1.29, 1.82) is 0 Å². The topological polar surface area (TPSA) is 78.3 Å². The van der Waals surface area contributed by atoms with Crippen LogP contribution in [-0.4, -0.2) is 45.2 Å². The smallest absolute Gasteiger partial charge is 0.326 e. The molecule has 1 aromatic heterocycles. The van der Waals surface area contributed by atoms with Gasteiger partial charge in [-0.2, -0.15) is 0 Å². The zero-order chi connectivity index (χ0) is 16.9. The quantitative estimate of drug-likeness (QED) is 0.765. The van der Waals surface area contributed by atoms with E-state index in [1.165, 1.54) is 0 Å². The number of hydrogen-bond donors (Lipinski definition) is 2. The van der Waals surface area contributed by atoms with E-state index in [4.69, 9.17) is 5.11 Å². The normalized spacial score (nSPS) is 16.7. The number of benzene rings is 1. The fourth-order valence-corrected chi connectivity index (χ4v) is 3.63. The van der Waals surface area contributed by atoms with Gasteiger partial charge in [0.15, 0.2) is 0 Å². The predicted octanol–water partition coefficient (Wildman–Crippen LogP) is 2.61. The van der Waals surface area contributed by atoms with Crippen LogP contribution in [-0.2, 0) is 4.79 Å². The Labute approximate surface area is 141 Å². The zero-order valence-corrected chi connectivity index (χ0v) is 13.9. The minimum Gasteiger partial charge on any atom is -0.481 e. The van der Waals surface area contributed by atoms with Gasteiger partial charge in [0.05, 0.1) is 11.0 Å². The lowest BCUT2D eigenvalue weighted by Gasteiger charge is -2.32. The highest BCUT2D eigenvalue weighted by Gasteiger charge is 2.23. The third kappa shape index (κ3) is 3.87. The standard InChI is InChI=1S/C18H25N3O3/c22-17(23)8-2-1-5-11-20-12-9-14(10-13-20)21-16-7-4-3-6-15(16)19-18(21)24/h3-4,6-7,14H,1-2,5,8-13H2,(H,19,24)(H,22,23). The molecule has 130 valence electrons. The summed E-state index contributed by atoms with van der Waals surface area (Å²) >= 11 is 0. The third-order valence-electron chi connectivity index (χ3n) is 4.91. The summed E-state index contributed by atoms with van der Waals surface area (Å²) in [6.45, 7) is 3.01. The number of aromatic nitrogens is 2. The Balaban J connectivity index is 1.51. The molecule has 2 aromatic rings. The molecule has 3 rings (SSSR count). The summed E-state index contributed by atoms with van der Waals surface area (Å²) in [5.41, 5.74) is 1.89. The summed E-state index contributed by atoms with van der Waals surface area (Å²) in [5.74, 6) is -0.708. The second-order valence-corrected chi connectivity index (χ2v) is 6.59. The van der Waals surface area contributed by atoms with Crippen molar-refractivity contribution in [3.63, 3.8) is 0 Å². The molecule has 0 spiro atoms. The molecule has 0 bridgehead atoms. The molecule has 0 radical (unpaired) electrons. The summed E-state index contributed by atoms with van der Waals surface area (Å²) in [5, 5.41) is 8.64. The largest absolute Gasteiger partial charge is 0.481 e. The first-order valence-electron chi connectivity index (χ1n) is 8.78. The highest BCUT2D eigenvalue weighted by atomic mass is 16.4. The molecule has 6 heteroatoms. The number of H-pyrrole nitrogens is 1. The summed E-state index contributed by atoms with van der Waals surface area (Å²) in [4.78, 5) is 28.1. The molecule has 1 saturated heterocycles. The number of aromatic amines is 1. The molecule has 0 saturated carbocycles. The molecular formula is C18H25N3O3. The Bertz CT molecular complexity index is 741. The van der Waals surface area contributed by atoms with Crippen LogP contribution in [0.3, 0.4) is 0 Å². The number of piperidine rings is 1. The van der Waals surface area contributed by atoms with Gasteiger partial charge in [0.2, 0.25) is 0 Å². The first-order valence-corrected chi connectivity index (χ1v) is 8.78. The number of rotatable bonds is 7. The Morgan fingerprint density at radius 2 is 1.92 bits per heavy atom. The molecular weight excluding hydrogens is 306 g/mol. The molecule has 2 N–H and O–H groups in total. The van der Waals surface area contributed by atoms with Gasteiger partial charge in [-0.25, -0.2) is 4.79 Å². The lowest BCUT2D eigenvalue weighted by molar-refractivity contribution is -0.137. The number of aliphatic carboxylic acids is 1. The SMILES string of the molecule is O=C(O)CCCCCN1CCC(n2c(=O)[nH]c3ccccc32)CC1. The van der Waals surface area contributed by atoms with E-state index < -0.39 is 5.97 Å². The summed E-state index contributed by atoms with van der Waals surface area (Å²) < 4.78 is 1.92. The lowest BCUT2D eigenvalue weighted by atomic mass is 10.0. The van der Waals surface area contributed by atoms with Crippen molar-refractivity contribution in [2.24, 2.45) is 0 Å². The molecule has 1 fully saturated rings. The maximum absolute atomic E-state index is 12.3. The van der Waals surface area contributed by atoms with E-state index in [1.54, 1.807) is 0 Å². The van der Waals surface area contributed by atoms with E-state index in [2.05, 4.69) is 9.88 Å². The summed E-state index contributed by atoms with van der Waals surface area (Å²) in [7, 11) is 0. The van der Waals surface area contributed by atoms with E-state index in [1.807, 2.05) is 28.8 Å². The van der Waals surface area contributed by atoms with Gasteiger partial charge in [-0.1, -0.05) is 18.6 Å². The van der Waals surface area contributed by atoms with Gasteiger partial charge in [-0.05, 0) is 44.4 Å². The first-order chi connectivity index (χ1) is 11.6. The molecule has 1 aromatic carbocycles. The Hall–Kier alpha value is -2.08. The van der Waals surface area contributed by atoms with E-state index in [0.29, 0.717) is 0 Å². The molecule has 1 aliphatic rings. The number of likely N-dealkylation sites (tertiary alicyclic amines) is 1. The highest BCUT2D eigenvalue weighted by molar-refractivity contribution is 5.75. The van der Waals surface area contributed by atoms with Gasteiger partial charge in [0.25, 0.3) is 0 Å². The number of nitrogens with one attached hydrogen (secondary N) is 1. The minimum absolute atomic E-state index is 0.0108.